The Morgan fingerprint density at radius 1 is 1.19 bits per heavy atom. The van der Waals surface area contributed by atoms with Gasteiger partial charge in [-0.3, -0.25) is 4.79 Å². The largest absolute Gasteiger partial charge is 0.493 e. The zero-order chi connectivity index (χ0) is 19.4. The number of methoxy groups -OCH3 is 2. The molecule has 0 spiro atoms. The predicted molar refractivity (Wildman–Crippen MR) is 103 cm³/mol. The fourth-order valence-corrected chi connectivity index (χ4v) is 3.17. The van der Waals surface area contributed by atoms with Crippen LogP contribution in [0.5, 0.6) is 11.5 Å². The van der Waals surface area contributed by atoms with Gasteiger partial charge < -0.3 is 19.6 Å². The molecule has 142 valence electrons. The van der Waals surface area contributed by atoms with Crippen LogP contribution in [0.3, 0.4) is 0 Å². The Bertz CT molecular complexity index is 849. The lowest BCUT2D eigenvalue weighted by molar-refractivity contribution is -0.131. The van der Waals surface area contributed by atoms with Gasteiger partial charge in [0.25, 0.3) is 5.91 Å². The summed E-state index contributed by atoms with van der Waals surface area (Å²) in [7, 11) is 3.19. The molecular weight excluding hydrogens is 344 g/mol. The molecule has 0 radical (unpaired) electrons. The lowest BCUT2D eigenvalue weighted by atomic mass is 10.0. The van der Waals surface area contributed by atoms with Crippen LogP contribution in [0.25, 0.3) is 0 Å². The number of carbonyl (C=O) groups is 1. The minimum atomic E-state index is -0.622. The standard InChI is InChI=1S/C21H24N2O4/c1-13-10-18(25-3)19(26-4)11-16(13)14(2)22-21(24)20-12-17(23-27-20)15-8-6-5-7-9-15/h5-11,14,20H,12H2,1-4H3,(H,22,24)/t14-,20+/m0/s1. The molecule has 0 saturated carbocycles. The Kier molecular flexibility index (Phi) is 5.64. The molecule has 6 nitrogen and oxygen atoms in total. The van der Waals surface area contributed by atoms with Gasteiger partial charge in [0.1, 0.15) is 0 Å². The van der Waals surface area contributed by atoms with E-state index in [0.29, 0.717) is 17.9 Å². The highest BCUT2D eigenvalue weighted by Crippen LogP contribution is 2.33. The molecule has 1 heterocycles. The fraction of sp³-hybridized carbons (Fsp3) is 0.333. The van der Waals surface area contributed by atoms with Crippen molar-refractivity contribution in [1.29, 1.82) is 0 Å². The number of hydrogen-bond donors (Lipinski definition) is 1. The molecule has 1 aliphatic heterocycles. The van der Waals surface area contributed by atoms with E-state index in [2.05, 4.69) is 10.5 Å². The van der Waals surface area contributed by atoms with Crippen LogP contribution in [0.15, 0.2) is 47.6 Å². The summed E-state index contributed by atoms with van der Waals surface area (Å²) in [4.78, 5) is 18.0. The van der Waals surface area contributed by atoms with Crippen molar-refractivity contribution in [3.63, 3.8) is 0 Å². The van der Waals surface area contributed by atoms with E-state index in [1.807, 2.05) is 56.3 Å². The van der Waals surface area contributed by atoms with Crippen LogP contribution in [0.1, 0.15) is 36.1 Å². The molecule has 27 heavy (non-hydrogen) atoms. The van der Waals surface area contributed by atoms with Crippen molar-refractivity contribution < 1.29 is 19.1 Å². The predicted octanol–water partition coefficient (Wildman–Crippen LogP) is 3.38. The number of amides is 1. The molecular formula is C21H24N2O4. The zero-order valence-electron chi connectivity index (χ0n) is 16.0. The lowest BCUT2D eigenvalue weighted by Gasteiger charge is -2.20. The van der Waals surface area contributed by atoms with Crippen molar-refractivity contribution in [1.82, 2.24) is 5.32 Å². The third kappa shape index (κ3) is 4.05. The number of oxime groups is 1. The van der Waals surface area contributed by atoms with Crippen LogP contribution < -0.4 is 14.8 Å². The Balaban J connectivity index is 1.67. The molecule has 1 aliphatic rings. The number of benzene rings is 2. The van der Waals surface area contributed by atoms with E-state index >= 15 is 0 Å². The average Bonchev–Trinajstić information content (AvgIpc) is 3.18. The highest BCUT2D eigenvalue weighted by molar-refractivity contribution is 6.04. The molecule has 6 heteroatoms. The maximum absolute atomic E-state index is 12.6. The monoisotopic (exact) mass is 368 g/mol. The minimum absolute atomic E-state index is 0.189. The van der Waals surface area contributed by atoms with Gasteiger partial charge in [0, 0.05) is 6.42 Å². The molecule has 2 atom stereocenters. The van der Waals surface area contributed by atoms with Crippen molar-refractivity contribution in [2.24, 2.45) is 5.16 Å². The van der Waals surface area contributed by atoms with Gasteiger partial charge in [-0.1, -0.05) is 35.5 Å². The van der Waals surface area contributed by atoms with Gasteiger partial charge in [-0.05, 0) is 42.7 Å². The summed E-state index contributed by atoms with van der Waals surface area (Å²) in [6.07, 6.45) is -0.170. The summed E-state index contributed by atoms with van der Waals surface area (Å²) in [6.45, 7) is 3.91. The highest BCUT2D eigenvalue weighted by atomic mass is 16.6. The zero-order valence-corrected chi connectivity index (χ0v) is 16.0. The number of nitrogens with zero attached hydrogens (tertiary/aromatic N) is 1. The molecule has 0 fully saturated rings. The van der Waals surface area contributed by atoms with Crippen molar-refractivity contribution in [2.45, 2.75) is 32.4 Å². The Hall–Kier alpha value is -3.02. The number of carbonyl (C=O) groups excluding carboxylic acids is 1. The van der Waals surface area contributed by atoms with E-state index < -0.39 is 6.10 Å². The first kappa shape index (κ1) is 18.8. The van der Waals surface area contributed by atoms with Gasteiger partial charge >= 0.3 is 0 Å². The van der Waals surface area contributed by atoms with E-state index in [1.54, 1.807) is 14.2 Å². The number of ether oxygens (including phenoxy) is 2. The van der Waals surface area contributed by atoms with E-state index in [0.717, 1.165) is 22.4 Å². The average molecular weight is 368 g/mol. The van der Waals surface area contributed by atoms with Crippen LogP contribution in [-0.4, -0.2) is 31.9 Å². The number of aryl methyl sites for hydroxylation is 1. The van der Waals surface area contributed by atoms with Gasteiger partial charge in [0.05, 0.1) is 26.0 Å². The topological polar surface area (TPSA) is 69.2 Å². The summed E-state index contributed by atoms with van der Waals surface area (Å²) >= 11 is 0. The SMILES string of the molecule is COc1cc(C)c([C@H](C)NC(=O)[C@H]2CC(c3ccccc3)=NO2)cc1OC. The van der Waals surface area contributed by atoms with Gasteiger partial charge in [-0.15, -0.1) is 0 Å². The van der Waals surface area contributed by atoms with Gasteiger partial charge in [-0.2, -0.15) is 0 Å². The summed E-state index contributed by atoms with van der Waals surface area (Å²) in [6, 6.07) is 13.3. The molecule has 0 aromatic heterocycles. The quantitative estimate of drug-likeness (QED) is 0.849. The summed E-state index contributed by atoms with van der Waals surface area (Å²) in [5.74, 6) is 1.11. The third-order valence-corrected chi connectivity index (χ3v) is 4.67. The van der Waals surface area contributed by atoms with E-state index in [1.165, 1.54) is 0 Å². The van der Waals surface area contributed by atoms with E-state index in [-0.39, 0.29) is 11.9 Å². The first-order valence-electron chi connectivity index (χ1n) is 8.84. The van der Waals surface area contributed by atoms with Crippen molar-refractivity contribution in [2.75, 3.05) is 14.2 Å². The van der Waals surface area contributed by atoms with Crippen molar-refractivity contribution in [3.05, 3.63) is 59.2 Å². The second-order valence-electron chi connectivity index (χ2n) is 6.50. The van der Waals surface area contributed by atoms with Gasteiger partial charge in [0.2, 0.25) is 6.10 Å². The molecule has 1 amide bonds. The first-order chi connectivity index (χ1) is 13.0. The molecule has 0 bridgehead atoms. The maximum Gasteiger partial charge on any atom is 0.264 e. The van der Waals surface area contributed by atoms with Crippen LogP contribution in [-0.2, 0) is 9.63 Å². The van der Waals surface area contributed by atoms with E-state index in [9.17, 15) is 4.79 Å². The normalized spacial score (nSPS) is 16.9. The summed E-state index contributed by atoms with van der Waals surface area (Å²) < 4.78 is 10.7. The molecule has 3 rings (SSSR count). The Labute approximate surface area is 159 Å². The Morgan fingerprint density at radius 2 is 1.85 bits per heavy atom. The van der Waals surface area contributed by atoms with Gasteiger partial charge in [-0.25, -0.2) is 0 Å². The third-order valence-electron chi connectivity index (χ3n) is 4.67. The molecule has 2 aromatic rings. The van der Waals surface area contributed by atoms with Crippen LogP contribution >= 0.6 is 0 Å². The molecule has 2 aromatic carbocycles. The summed E-state index contributed by atoms with van der Waals surface area (Å²) in [5.41, 5.74) is 3.72. The molecule has 0 unspecified atom stereocenters. The van der Waals surface area contributed by atoms with Gasteiger partial charge in [0.15, 0.2) is 11.5 Å². The second-order valence-corrected chi connectivity index (χ2v) is 6.50. The number of nitrogens with one attached hydrogen (secondary N) is 1. The second kappa shape index (κ2) is 8.12. The number of rotatable bonds is 6. The summed E-state index contributed by atoms with van der Waals surface area (Å²) in [5, 5.41) is 7.08. The Morgan fingerprint density at radius 3 is 2.52 bits per heavy atom. The maximum atomic E-state index is 12.6. The lowest BCUT2D eigenvalue weighted by Crippen LogP contribution is -2.36. The molecule has 1 N–H and O–H groups in total. The van der Waals surface area contributed by atoms with Crippen LogP contribution in [0, 0.1) is 6.92 Å². The van der Waals surface area contributed by atoms with Crippen molar-refractivity contribution in [3.8, 4) is 11.5 Å². The van der Waals surface area contributed by atoms with Crippen LogP contribution in [0.2, 0.25) is 0 Å². The smallest absolute Gasteiger partial charge is 0.264 e. The van der Waals surface area contributed by atoms with Crippen molar-refractivity contribution >= 4 is 11.6 Å². The minimum Gasteiger partial charge on any atom is -0.493 e. The fourth-order valence-electron chi connectivity index (χ4n) is 3.17. The van der Waals surface area contributed by atoms with Crippen LogP contribution in [0.4, 0.5) is 0 Å². The number of hydrogen-bond acceptors (Lipinski definition) is 5. The highest BCUT2D eigenvalue weighted by Gasteiger charge is 2.30. The molecule has 0 aliphatic carbocycles. The first-order valence-corrected chi connectivity index (χ1v) is 8.84. The molecule has 0 saturated heterocycles. The van der Waals surface area contributed by atoms with E-state index in [4.69, 9.17) is 14.3 Å².